The maximum Gasteiger partial charge on any atom is 0.279 e. The molecule has 0 unspecified atom stereocenters. The van der Waals surface area contributed by atoms with E-state index in [1.165, 1.54) is 0 Å². The van der Waals surface area contributed by atoms with E-state index in [-0.39, 0.29) is 11.9 Å². The molecule has 0 heterocycles. The van der Waals surface area contributed by atoms with Gasteiger partial charge in [-0.2, -0.15) is 0 Å². The molecule has 0 aromatic heterocycles. The smallest absolute Gasteiger partial charge is 0.279 e. The SMILES string of the molecule is Cc1ccccc1NC(=O)C[NH2+][C@H](C)c1ccc(Cl)cc1Cl. The summed E-state index contributed by atoms with van der Waals surface area (Å²) in [6, 6.07) is 13.2. The van der Waals surface area contributed by atoms with Crippen molar-refractivity contribution in [1.29, 1.82) is 0 Å². The Labute approximate surface area is 140 Å². The largest absolute Gasteiger partial charge is 0.332 e. The zero-order valence-corrected chi connectivity index (χ0v) is 14.1. The Kier molecular flexibility index (Phi) is 5.83. The van der Waals surface area contributed by atoms with Gasteiger partial charge in [-0.3, -0.25) is 4.79 Å². The van der Waals surface area contributed by atoms with Crippen LogP contribution in [0.15, 0.2) is 42.5 Å². The van der Waals surface area contributed by atoms with Crippen LogP contribution in [-0.4, -0.2) is 12.5 Å². The van der Waals surface area contributed by atoms with Gasteiger partial charge in [-0.1, -0.05) is 47.5 Å². The topological polar surface area (TPSA) is 45.7 Å². The molecule has 3 nitrogen and oxygen atoms in total. The molecule has 0 saturated carbocycles. The molecule has 116 valence electrons. The lowest BCUT2D eigenvalue weighted by atomic mass is 10.1. The molecular weight excluding hydrogens is 319 g/mol. The minimum Gasteiger partial charge on any atom is -0.332 e. The average Bonchev–Trinajstić information content (AvgIpc) is 2.47. The van der Waals surface area contributed by atoms with Crippen LogP contribution in [0.3, 0.4) is 0 Å². The van der Waals surface area contributed by atoms with Gasteiger partial charge in [0.15, 0.2) is 6.54 Å². The highest BCUT2D eigenvalue weighted by Crippen LogP contribution is 2.24. The molecular formula is C17H19Cl2N2O+. The summed E-state index contributed by atoms with van der Waals surface area (Å²) >= 11 is 12.1. The van der Waals surface area contributed by atoms with Crippen LogP contribution in [-0.2, 0) is 4.79 Å². The number of aryl methyl sites for hydroxylation is 1. The first-order valence-electron chi connectivity index (χ1n) is 7.11. The van der Waals surface area contributed by atoms with Gasteiger partial charge >= 0.3 is 0 Å². The third-order valence-corrected chi connectivity index (χ3v) is 4.09. The third-order valence-electron chi connectivity index (χ3n) is 3.53. The monoisotopic (exact) mass is 337 g/mol. The highest BCUT2D eigenvalue weighted by Gasteiger charge is 2.15. The Morgan fingerprint density at radius 2 is 1.95 bits per heavy atom. The fraction of sp³-hybridized carbons (Fsp3) is 0.235. The number of carbonyl (C=O) groups excluding carboxylic acids is 1. The van der Waals surface area contributed by atoms with Crippen molar-refractivity contribution in [3.05, 3.63) is 63.6 Å². The van der Waals surface area contributed by atoms with Crippen molar-refractivity contribution in [2.45, 2.75) is 19.9 Å². The van der Waals surface area contributed by atoms with Crippen molar-refractivity contribution >= 4 is 34.8 Å². The van der Waals surface area contributed by atoms with Crippen molar-refractivity contribution in [3.63, 3.8) is 0 Å². The van der Waals surface area contributed by atoms with E-state index in [4.69, 9.17) is 23.2 Å². The summed E-state index contributed by atoms with van der Waals surface area (Å²) in [5.41, 5.74) is 2.86. The lowest BCUT2D eigenvalue weighted by molar-refractivity contribution is -0.682. The average molecular weight is 338 g/mol. The number of nitrogens with two attached hydrogens (primary N) is 1. The van der Waals surface area contributed by atoms with Crippen LogP contribution in [0.2, 0.25) is 10.0 Å². The van der Waals surface area contributed by atoms with Crippen LogP contribution in [0.1, 0.15) is 24.1 Å². The molecule has 0 bridgehead atoms. The highest BCUT2D eigenvalue weighted by molar-refractivity contribution is 6.35. The molecule has 0 spiro atoms. The lowest BCUT2D eigenvalue weighted by Crippen LogP contribution is -2.86. The van der Waals surface area contributed by atoms with Crippen molar-refractivity contribution in [2.24, 2.45) is 0 Å². The maximum absolute atomic E-state index is 12.0. The van der Waals surface area contributed by atoms with E-state index in [0.29, 0.717) is 16.6 Å². The number of halogens is 2. The quantitative estimate of drug-likeness (QED) is 0.860. The van der Waals surface area contributed by atoms with Gasteiger partial charge in [-0.15, -0.1) is 0 Å². The van der Waals surface area contributed by atoms with E-state index in [9.17, 15) is 4.79 Å². The van der Waals surface area contributed by atoms with E-state index in [2.05, 4.69) is 5.32 Å². The van der Waals surface area contributed by atoms with Crippen LogP contribution in [0.4, 0.5) is 5.69 Å². The predicted molar refractivity (Wildman–Crippen MR) is 91.5 cm³/mol. The number of anilines is 1. The van der Waals surface area contributed by atoms with Gasteiger partial charge in [0.05, 0.1) is 5.02 Å². The lowest BCUT2D eigenvalue weighted by Gasteiger charge is -2.13. The Hall–Kier alpha value is -1.55. The standard InChI is InChI=1S/C17H18Cl2N2O/c1-11-5-3-4-6-16(11)21-17(22)10-20-12(2)14-8-7-13(18)9-15(14)19/h3-9,12,20H,10H2,1-2H3,(H,21,22)/p+1/t12-/m1/s1. The number of nitrogens with one attached hydrogen (secondary N) is 1. The molecule has 0 radical (unpaired) electrons. The van der Waals surface area contributed by atoms with Crippen molar-refractivity contribution in [1.82, 2.24) is 0 Å². The summed E-state index contributed by atoms with van der Waals surface area (Å²) in [5, 5.41) is 6.09. The Morgan fingerprint density at radius 3 is 2.64 bits per heavy atom. The number of carbonyl (C=O) groups is 1. The van der Waals surface area contributed by atoms with E-state index >= 15 is 0 Å². The summed E-state index contributed by atoms with van der Waals surface area (Å²) < 4.78 is 0. The molecule has 0 saturated heterocycles. The molecule has 22 heavy (non-hydrogen) atoms. The molecule has 2 aromatic carbocycles. The fourth-order valence-electron chi connectivity index (χ4n) is 2.20. The number of rotatable bonds is 5. The second-order valence-corrected chi connectivity index (χ2v) is 6.10. The molecule has 0 aliphatic rings. The number of para-hydroxylation sites is 1. The zero-order valence-electron chi connectivity index (χ0n) is 12.6. The highest BCUT2D eigenvalue weighted by atomic mass is 35.5. The van der Waals surface area contributed by atoms with Crippen molar-refractivity contribution in [3.8, 4) is 0 Å². The molecule has 1 atom stereocenters. The van der Waals surface area contributed by atoms with E-state index < -0.39 is 0 Å². The van der Waals surface area contributed by atoms with Crippen LogP contribution in [0.5, 0.6) is 0 Å². The summed E-state index contributed by atoms with van der Waals surface area (Å²) in [7, 11) is 0. The molecule has 5 heteroatoms. The minimum atomic E-state index is -0.0359. The van der Waals surface area contributed by atoms with Gasteiger partial charge in [0.1, 0.15) is 6.04 Å². The van der Waals surface area contributed by atoms with Crippen LogP contribution >= 0.6 is 23.2 Å². The maximum atomic E-state index is 12.0. The Bertz CT molecular complexity index is 673. The van der Waals surface area contributed by atoms with Crippen molar-refractivity contribution in [2.75, 3.05) is 11.9 Å². The van der Waals surface area contributed by atoms with E-state index in [0.717, 1.165) is 16.8 Å². The number of hydrogen-bond acceptors (Lipinski definition) is 1. The van der Waals surface area contributed by atoms with E-state index in [1.807, 2.05) is 49.5 Å². The Morgan fingerprint density at radius 1 is 1.23 bits per heavy atom. The van der Waals surface area contributed by atoms with Gasteiger partial charge in [0.25, 0.3) is 5.91 Å². The fourth-order valence-corrected chi connectivity index (χ4v) is 2.78. The number of benzene rings is 2. The van der Waals surface area contributed by atoms with Gasteiger partial charge < -0.3 is 10.6 Å². The number of hydrogen-bond donors (Lipinski definition) is 2. The molecule has 2 rings (SSSR count). The predicted octanol–water partition coefficient (Wildman–Crippen LogP) is 3.56. The number of amides is 1. The molecule has 0 aliphatic heterocycles. The normalized spacial score (nSPS) is 12.0. The summed E-state index contributed by atoms with van der Waals surface area (Å²) in [6.45, 7) is 4.31. The molecule has 2 aromatic rings. The van der Waals surface area contributed by atoms with Gasteiger partial charge in [0, 0.05) is 16.3 Å². The van der Waals surface area contributed by atoms with Crippen LogP contribution in [0.25, 0.3) is 0 Å². The second-order valence-electron chi connectivity index (χ2n) is 5.26. The first kappa shape index (κ1) is 16.8. The second kappa shape index (κ2) is 7.63. The summed E-state index contributed by atoms with van der Waals surface area (Å²) in [5.74, 6) is -0.0359. The third kappa shape index (κ3) is 4.47. The Balaban J connectivity index is 1.92. The van der Waals surface area contributed by atoms with Gasteiger partial charge in [-0.05, 0) is 37.6 Å². The molecule has 3 N–H and O–H groups in total. The minimum absolute atomic E-state index is 0.0359. The van der Waals surface area contributed by atoms with Gasteiger partial charge in [0.2, 0.25) is 0 Å². The van der Waals surface area contributed by atoms with Crippen LogP contribution < -0.4 is 10.6 Å². The van der Waals surface area contributed by atoms with Gasteiger partial charge in [-0.25, -0.2) is 0 Å². The molecule has 1 amide bonds. The summed E-state index contributed by atoms with van der Waals surface area (Å²) in [6.07, 6.45) is 0. The zero-order chi connectivity index (χ0) is 16.1. The van der Waals surface area contributed by atoms with Crippen LogP contribution in [0, 0.1) is 6.92 Å². The van der Waals surface area contributed by atoms with Crippen molar-refractivity contribution < 1.29 is 10.1 Å². The van der Waals surface area contributed by atoms with E-state index in [1.54, 1.807) is 12.1 Å². The summed E-state index contributed by atoms with van der Waals surface area (Å²) in [4.78, 5) is 12.0. The first-order valence-corrected chi connectivity index (χ1v) is 7.86. The number of quaternary nitrogens is 1. The molecule has 0 aliphatic carbocycles. The molecule has 0 fully saturated rings. The first-order chi connectivity index (χ1) is 10.5.